The molecule has 130 valence electrons. The Morgan fingerprint density at radius 1 is 1.40 bits per heavy atom. The Labute approximate surface area is 141 Å². The van der Waals surface area contributed by atoms with Crippen molar-refractivity contribution in [3.05, 3.63) is 33.2 Å². The van der Waals surface area contributed by atoms with Crippen molar-refractivity contribution < 1.29 is 5.11 Å². The van der Waals surface area contributed by atoms with Crippen LogP contribution in [-0.4, -0.2) is 46.7 Å². The second-order valence-electron chi connectivity index (χ2n) is 6.33. The van der Waals surface area contributed by atoms with Crippen LogP contribution in [0.1, 0.15) is 32.4 Å². The van der Waals surface area contributed by atoms with Gasteiger partial charge in [0, 0.05) is 11.3 Å². The molecule has 1 aliphatic rings. The molecule has 0 aliphatic heterocycles. The summed E-state index contributed by atoms with van der Waals surface area (Å²) in [5.41, 5.74) is 0.806. The van der Waals surface area contributed by atoms with Gasteiger partial charge in [-0.05, 0) is 32.8 Å². The fourth-order valence-electron chi connectivity index (χ4n) is 2.40. The quantitative estimate of drug-likeness (QED) is 0.494. The van der Waals surface area contributed by atoms with Gasteiger partial charge in [-0.1, -0.05) is 0 Å². The molecule has 0 atom stereocenters. The third kappa shape index (κ3) is 3.10. The molecule has 10 nitrogen and oxygen atoms in total. The summed E-state index contributed by atoms with van der Waals surface area (Å²) < 4.78 is 1.57. The van der Waals surface area contributed by atoms with Crippen molar-refractivity contribution >= 4 is 17.7 Å². The highest BCUT2D eigenvalue weighted by atomic mass is 16.3. The number of aromatic amines is 2. The molecule has 4 N–H and O–H groups in total. The summed E-state index contributed by atoms with van der Waals surface area (Å²) in [5.74, 6) is 0.227. The summed E-state index contributed by atoms with van der Waals surface area (Å²) in [4.78, 5) is 29.6. The van der Waals surface area contributed by atoms with Crippen molar-refractivity contribution in [3.8, 4) is 5.88 Å². The van der Waals surface area contributed by atoms with E-state index in [1.165, 1.54) is 0 Å². The zero-order valence-corrected chi connectivity index (χ0v) is 13.8. The first-order chi connectivity index (χ1) is 12.0. The summed E-state index contributed by atoms with van der Waals surface area (Å²) in [7, 11) is 0. The molecule has 10 heteroatoms. The lowest BCUT2D eigenvalue weighted by atomic mass is 10.3. The highest BCUT2D eigenvalue weighted by Crippen LogP contribution is 2.22. The van der Waals surface area contributed by atoms with Crippen LogP contribution in [0.3, 0.4) is 0 Å². The molecule has 4 rings (SSSR count). The Kier molecular flexibility index (Phi) is 3.52. The first-order valence-corrected chi connectivity index (χ1v) is 8.09. The average Bonchev–Trinajstić information content (AvgIpc) is 3.17. The van der Waals surface area contributed by atoms with Crippen molar-refractivity contribution in [1.29, 1.82) is 0 Å². The Hall–Kier alpha value is -3.17. The van der Waals surface area contributed by atoms with E-state index in [1.807, 2.05) is 13.8 Å². The van der Waals surface area contributed by atoms with Crippen LogP contribution in [0.4, 0.5) is 5.95 Å². The van der Waals surface area contributed by atoms with E-state index in [0.717, 1.165) is 12.8 Å². The van der Waals surface area contributed by atoms with Crippen LogP contribution in [0, 0.1) is 0 Å². The number of nitrogens with zero attached hydrogens (tertiary/aromatic N) is 5. The monoisotopic (exact) mass is 342 g/mol. The maximum Gasteiger partial charge on any atom is 0.326 e. The molecule has 0 aromatic carbocycles. The van der Waals surface area contributed by atoms with E-state index in [1.54, 1.807) is 16.8 Å². The van der Waals surface area contributed by atoms with Crippen LogP contribution in [0.2, 0.25) is 0 Å². The lowest BCUT2D eigenvalue weighted by molar-refractivity contribution is 0.454. The average molecular weight is 342 g/mol. The van der Waals surface area contributed by atoms with Gasteiger partial charge in [-0.2, -0.15) is 19.6 Å². The van der Waals surface area contributed by atoms with E-state index in [0.29, 0.717) is 22.4 Å². The van der Waals surface area contributed by atoms with Gasteiger partial charge in [-0.3, -0.25) is 4.98 Å². The second-order valence-corrected chi connectivity index (χ2v) is 6.33. The molecule has 0 saturated heterocycles. The zero-order valence-electron chi connectivity index (χ0n) is 13.8. The number of aromatic hydroxyl groups is 1. The maximum atomic E-state index is 11.3. The Balaban J connectivity index is 1.94. The third-order valence-corrected chi connectivity index (χ3v) is 3.68. The van der Waals surface area contributed by atoms with Gasteiger partial charge in [-0.25, -0.2) is 9.79 Å². The number of hydrogen-bond donors (Lipinski definition) is 4. The SMILES string of the molecule is CC(C)Nc1nc(=NC2CC2)n2ncc(=Cc3[nH]c(=O)[nH]c3O)c2n1. The maximum absolute atomic E-state index is 11.3. The molecule has 0 unspecified atom stereocenters. The highest BCUT2D eigenvalue weighted by Gasteiger charge is 2.21. The fourth-order valence-corrected chi connectivity index (χ4v) is 2.40. The van der Waals surface area contributed by atoms with Gasteiger partial charge < -0.3 is 15.4 Å². The molecule has 0 radical (unpaired) electrons. The van der Waals surface area contributed by atoms with Crippen molar-refractivity contribution in [1.82, 2.24) is 29.5 Å². The number of imidazole rings is 1. The van der Waals surface area contributed by atoms with Crippen LogP contribution in [0.25, 0.3) is 11.7 Å². The van der Waals surface area contributed by atoms with Crippen molar-refractivity contribution in [2.75, 3.05) is 5.32 Å². The van der Waals surface area contributed by atoms with Crippen LogP contribution in [0.15, 0.2) is 16.0 Å². The minimum Gasteiger partial charge on any atom is -0.493 e. The lowest BCUT2D eigenvalue weighted by Crippen LogP contribution is -2.26. The van der Waals surface area contributed by atoms with Crippen molar-refractivity contribution in [3.63, 3.8) is 0 Å². The molecule has 0 spiro atoms. The summed E-state index contributed by atoms with van der Waals surface area (Å²) in [6, 6.07) is 0.448. The van der Waals surface area contributed by atoms with Crippen molar-refractivity contribution in [2.45, 2.75) is 38.8 Å². The topological polar surface area (TPSA) is 136 Å². The van der Waals surface area contributed by atoms with E-state index in [-0.39, 0.29) is 23.7 Å². The number of rotatable bonds is 4. The number of hydrogen-bond acceptors (Lipinski definition) is 7. The van der Waals surface area contributed by atoms with Gasteiger partial charge in [0.2, 0.25) is 11.8 Å². The van der Waals surface area contributed by atoms with Gasteiger partial charge >= 0.3 is 5.69 Å². The molecule has 3 aromatic rings. The van der Waals surface area contributed by atoms with Gasteiger partial charge in [0.05, 0.1) is 12.2 Å². The molecule has 3 heterocycles. The molecular formula is C15H18N8O2. The molecule has 1 aliphatic carbocycles. The van der Waals surface area contributed by atoms with Crippen LogP contribution in [-0.2, 0) is 0 Å². The van der Waals surface area contributed by atoms with Crippen LogP contribution < -0.4 is 21.8 Å². The number of nitrogens with one attached hydrogen (secondary N) is 3. The number of H-pyrrole nitrogens is 2. The highest BCUT2D eigenvalue weighted by molar-refractivity contribution is 5.57. The minimum atomic E-state index is -0.485. The fraction of sp³-hybridized carbons (Fsp3) is 0.400. The summed E-state index contributed by atoms with van der Waals surface area (Å²) >= 11 is 0. The predicted octanol–water partition coefficient (Wildman–Crippen LogP) is -0.723. The Bertz CT molecular complexity index is 1100. The smallest absolute Gasteiger partial charge is 0.326 e. The van der Waals surface area contributed by atoms with E-state index in [4.69, 9.17) is 0 Å². The molecular weight excluding hydrogens is 324 g/mol. The molecule has 1 saturated carbocycles. The van der Waals surface area contributed by atoms with Gasteiger partial charge in [0.25, 0.3) is 5.62 Å². The second kappa shape index (κ2) is 5.72. The molecule has 25 heavy (non-hydrogen) atoms. The minimum absolute atomic E-state index is 0.164. The first kappa shape index (κ1) is 15.4. The molecule has 0 amide bonds. The van der Waals surface area contributed by atoms with Crippen molar-refractivity contribution in [2.24, 2.45) is 4.99 Å². The van der Waals surface area contributed by atoms with E-state index in [2.05, 4.69) is 35.3 Å². The standard InChI is InChI=1S/C15H18N8O2/c1-7(2)17-13-20-11-8(5-10-12(24)21-15(25)19-10)6-16-23(11)14(22-13)18-9-3-4-9/h5-7,9,24H,3-4H2,1-2H3,(H,17,18,22)(H2,19,21,25). The lowest BCUT2D eigenvalue weighted by Gasteiger charge is -2.07. The molecule has 3 aromatic heterocycles. The number of anilines is 1. The zero-order chi connectivity index (χ0) is 17.6. The Morgan fingerprint density at radius 2 is 2.20 bits per heavy atom. The van der Waals surface area contributed by atoms with Crippen LogP contribution in [0.5, 0.6) is 5.88 Å². The Morgan fingerprint density at radius 3 is 2.84 bits per heavy atom. The van der Waals surface area contributed by atoms with Gasteiger partial charge in [0.1, 0.15) is 5.69 Å². The van der Waals surface area contributed by atoms with Crippen LogP contribution >= 0.6 is 0 Å². The van der Waals surface area contributed by atoms with E-state index >= 15 is 0 Å². The van der Waals surface area contributed by atoms with Gasteiger partial charge in [-0.15, -0.1) is 0 Å². The predicted molar refractivity (Wildman–Crippen MR) is 90.0 cm³/mol. The third-order valence-electron chi connectivity index (χ3n) is 3.68. The largest absolute Gasteiger partial charge is 0.493 e. The van der Waals surface area contributed by atoms with E-state index < -0.39 is 5.69 Å². The normalized spacial score (nSPS) is 16.3. The summed E-state index contributed by atoms with van der Waals surface area (Å²) in [6.45, 7) is 3.99. The molecule has 0 bridgehead atoms. The summed E-state index contributed by atoms with van der Waals surface area (Å²) in [6.07, 6.45) is 5.30. The van der Waals surface area contributed by atoms with Gasteiger partial charge in [0.15, 0.2) is 5.65 Å². The first-order valence-electron chi connectivity index (χ1n) is 8.09. The summed E-state index contributed by atoms with van der Waals surface area (Å²) in [5, 5.41) is 17.9. The number of aromatic nitrogens is 6. The van der Waals surface area contributed by atoms with E-state index in [9.17, 15) is 9.90 Å². The number of fused-ring (bicyclic) bond motifs is 1. The molecule has 1 fully saturated rings.